The third-order valence-corrected chi connectivity index (χ3v) is 3.32. The summed E-state index contributed by atoms with van der Waals surface area (Å²) in [6.07, 6.45) is 0. The molecule has 5 heteroatoms. The maximum Gasteiger partial charge on any atom is 0.310 e. The van der Waals surface area contributed by atoms with Gasteiger partial charge in [-0.2, -0.15) is 0 Å². The molecule has 17 heavy (non-hydrogen) atoms. The fourth-order valence-electron chi connectivity index (χ4n) is 2.21. The van der Waals surface area contributed by atoms with E-state index in [0.29, 0.717) is 23.7 Å². The van der Waals surface area contributed by atoms with Crippen molar-refractivity contribution in [2.24, 2.45) is 5.92 Å². The topological polar surface area (TPSA) is 38.3 Å². The molecule has 0 spiro atoms. The first-order valence-electron chi connectivity index (χ1n) is 5.37. The maximum absolute atomic E-state index is 13.8. The van der Waals surface area contributed by atoms with Crippen molar-refractivity contribution >= 4 is 17.6 Å². The van der Waals surface area contributed by atoms with Crippen LogP contribution in [0.5, 0.6) is 0 Å². The Hall–Kier alpha value is -1.13. The minimum absolute atomic E-state index is 0.195. The number of hydrogen-bond acceptors (Lipinski definition) is 3. The van der Waals surface area contributed by atoms with Crippen LogP contribution < -0.4 is 5.32 Å². The number of carbonyl (C=O) groups is 1. The summed E-state index contributed by atoms with van der Waals surface area (Å²) < 4.78 is 18.5. The summed E-state index contributed by atoms with van der Waals surface area (Å²) in [6.45, 7) is 1.08. The molecule has 2 rings (SSSR count). The Morgan fingerprint density at radius 1 is 1.53 bits per heavy atom. The quantitative estimate of drug-likeness (QED) is 0.823. The van der Waals surface area contributed by atoms with E-state index in [1.165, 1.54) is 13.2 Å². The molecule has 0 aliphatic carbocycles. The number of carbonyl (C=O) groups excluding carboxylic acids is 1. The van der Waals surface area contributed by atoms with Crippen LogP contribution in [0.2, 0.25) is 5.02 Å². The van der Waals surface area contributed by atoms with Gasteiger partial charge in [-0.25, -0.2) is 4.39 Å². The Kier molecular flexibility index (Phi) is 3.64. The molecular formula is C12H13ClFNO2. The minimum atomic E-state index is -0.375. The van der Waals surface area contributed by atoms with Crippen molar-refractivity contribution in [1.82, 2.24) is 5.32 Å². The van der Waals surface area contributed by atoms with Crippen molar-refractivity contribution in [3.63, 3.8) is 0 Å². The Balaban J connectivity index is 2.29. The maximum atomic E-state index is 13.8. The predicted molar refractivity (Wildman–Crippen MR) is 62.5 cm³/mol. The first-order valence-corrected chi connectivity index (χ1v) is 5.74. The van der Waals surface area contributed by atoms with Gasteiger partial charge in [-0.15, -0.1) is 0 Å². The lowest BCUT2D eigenvalue weighted by Gasteiger charge is -2.17. The average molecular weight is 258 g/mol. The molecule has 1 fully saturated rings. The molecule has 1 heterocycles. The highest BCUT2D eigenvalue weighted by molar-refractivity contribution is 6.30. The van der Waals surface area contributed by atoms with E-state index >= 15 is 0 Å². The van der Waals surface area contributed by atoms with Gasteiger partial charge >= 0.3 is 5.97 Å². The minimum Gasteiger partial charge on any atom is -0.469 e. The van der Waals surface area contributed by atoms with E-state index in [1.807, 2.05) is 0 Å². The fourth-order valence-corrected chi connectivity index (χ4v) is 2.37. The van der Waals surface area contributed by atoms with Gasteiger partial charge < -0.3 is 10.1 Å². The fraction of sp³-hybridized carbons (Fsp3) is 0.417. The molecule has 1 aliphatic heterocycles. The lowest BCUT2D eigenvalue weighted by atomic mass is 9.88. The van der Waals surface area contributed by atoms with Gasteiger partial charge in [0.1, 0.15) is 5.82 Å². The standard InChI is InChI=1S/C12H13ClFNO2/c1-17-12(16)10-6-15-5-9(10)8-3-2-7(13)4-11(8)14/h2-4,9-10,15H,5-6H2,1H3/t9-,10?/m0/s1. The van der Waals surface area contributed by atoms with E-state index in [4.69, 9.17) is 16.3 Å². The van der Waals surface area contributed by atoms with Crippen LogP contribution in [0.25, 0.3) is 0 Å². The van der Waals surface area contributed by atoms with Crippen molar-refractivity contribution in [1.29, 1.82) is 0 Å². The Morgan fingerprint density at radius 3 is 2.94 bits per heavy atom. The monoisotopic (exact) mass is 257 g/mol. The van der Waals surface area contributed by atoms with Gasteiger partial charge in [0.2, 0.25) is 0 Å². The third kappa shape index (κ3) is 2.42. The molecule has 0 bridgehead atoms. The third-order valence-electron chi connectivity index (χ3n) is 3.08. The van der Waals surface area contributed by atoms with Crippen LogP contribution in [0.15, 0.2) is 18.2 Å². The smallest absolute Gasteiger partial charge is 0.310 e. The molecular weight excluding hydrogens is 245 g/mol. The number of methoxy groups -OCH3 is 1. The van der Waals surface area contributed by atoms with Crippen LogP contribution in [0, 0.1) is 11.7 Å². The van der Waals surface area contributed by atoms with Gasteiger partial charge in [0.05, 0.1) is 13.0 Å². The molecule has 1 aromatic carbocycles. The van der Waals surface area contributed by atoms with E-state index in [-0.39, 0.29) is 23.6 Å². The zero-order valence-corrected chi connectivity index (χ0v) is 10.1. The second kappa shape index (κ2) is 5.02. The zero-order valence-electron chi connectivity index (χ0n) is 9.37. The zero-order chi connectivity index (χ0) is 12.4. The number of esters is 1. The Bertz CT molecular complexity index is 439. The first-order chi connectivity index (χ1) is 8.13. The number of ether oxygens (including phenoxy) is 1. The van der Waals surface area contributed by atoms with E-state index in [9.17, 15) is 9.18 Å². The molecule has 3 nitrogen and oxygen atoms in total. The van der Waals surface area contributed by atoms with E-state index in [1.54, 1.807) is 12.1 Å². The first kappa shape index (κ1) is 12.3. The molecule has 1 aromatic rings. The van der Waals surface area contributed by atoms with Crippen molar-refractivity contribution in [2.75, 3.05) is 20.2 Å². The molecule has 1 aliphatic rings. The molecule has 1 N–H and O–H groups in total. The molecule has 2 atom stereocenters. The molecule has 92 valence electrons. The number of benzene rings is 1. The lowest BCUT2D eigenvalue weighted by Crippen LogP contribution is -2.23. The van der Waals surface area contributed by atoms with E-state index < -0.39 is 0 Å². The van der Waals surface area contributed by atoms with Crippen molar-refractivity contribution < 1.29 is 13.9 Å². The molecule has 1 unspecified atom stereocenters. The number of nitrogens with one attached hydrogen (secondary N) is 1. The largest absolute Gasteiger partial charge is 0.469 e. The number of hydrogen-bond donors (Lipinski definition) is 1. The summed E-state index contributed by atoms with van der Waals surface area (Å²) in [6, 6.07) is 4.53. The predicted octanol–water partition coefficient (Wildman–Crippen LogP) is 1.96. The Labute approximate surface area is 104 Å². The second-order valence-corrected chi connectivity index (χ2v) is 4.50. The summed E-state index contributed by atoms with van der Waals surface area (Å²) >= 11 is 5.70. The Morgan fingerprint density at radius 2 is 2.29 bits per heavy atom. The summed E-state index contributed by atoms with van der Waals surface area (Å²) in [4.78, 5) is 11.6. The normalized spacial score (nSPS) is 23.7. The molecule has 0 amide bonds. The molecule has 1 saturated heterocycles. The summed E-state index contributed by atoms with van der Waals surface area (Å²) in [5.74, 6) is -1.22. The molecule has 0 radical (unpaired) electrons. The van der Waals surface area contributed by atoms with Gasteiger partial charge in [-0.05, 0) is 17.7 Å². The second-order valence-electron chi connectivity index (χ2n) is 4.06. The SMILES string of the molecule is COC(=O)C1CNC[C@H]1c1ccc(Cl)cc1F. The van der Waals surface area contributed by atoms with Gasteiger partial charge in [0.15, 0.2) is 0 Å². The van der Waals surface area contributed by atoms with Crippen molar-refractivity contribution in [3.8, 4) is 0 Å². The van der Waals surface area contributed by atoms with Gasteiger partial charge in [0, 0.05) is 24.0 Å². The van der Waals surface area contributed by atoms with E-state index in [0.717, 1.165) is 0 Å². The van der Waals surface area contributed by atoms with E-state index in [2.05, 4.69) is 5.32 Å². The van der Waals surface area contributed by atoms with Crippen LogP contribution in [-0.4, -0.2) is 26.2 Å². The molecule has 0 saturated carbocycles. The lowest BCUT2D eigenvalue weighted by molar-refractivity contribution is -0.145. The molecule has 0 aromatic heterocycles. The number of rotatable bonds is 2. The van der Waals surface area contributed by atoms with Crippen molar-refractivity contribution in [2.45, 2.75) is 5.92 Å². The van der Waals surface area contributed by atoms with Crippen LogP contribution in [0.3, 0.4) is 0 Å². The number of halogens is 2. The van der Waals surface area contributed by atoms with Crippen LogP contribution >= 0.6 is 11.6 Å². The highest BCUT2D eigenvalue weighted by Crippen LogP contribution is 2.31. The highest BCUT2D eigenvalue weighted by atomic mass is 35.5. The highest BCUT2D eigenvalue weighted by Gasteiger charge is 2.36. The summed E-state index contributed by atoms with van der Waals surface area (Å²) in [5.41, 5.74) is 0.509. The summed E-state index contributed by atoms with van der Waals surface area (Å²) in [7, 11) is 1.34. The van der Waals surface area contributed by atoms with Gasteiger partial charge in [0.25, 0.3) is 0 Å². The summed E-state index contributed by atoms with van der Waals surface area (Å²) in [5, 5.41) is 3.43. The van der Waals surface area contributed by atoms with Gasteiger partial charge in [-0.3, -0.25) is 4.79 Å². The van der Waals surface area contributed by atoms with Crippen LogP contribution in [0.1, 0.15) is 11.5 Å². The van der Waals surface area contributed by atoms with Crippen LogP contribution in [-0.2, 0) is 9.53 Å². The average Bonchev–Trinajstić information content (AvgIpc) is 2.77. The van der Waals surface area contributed by atoms with Crippen molar-refractivity contribution in [3.05, 3.63) is 34.6 Å². The van der Waals surface area contributed by atoms with Crippen LogP contribution in [0.4, 0.5) is 4.39 Å². The van der Waals surface area contributed by atoms with Gasteiger partial charge in [-0.1, -0.05) is 17.7 Å².